The first-order valence-corrected chi connectivity index (χ1v) is 7.69. The molecule has 0 fully saturated rings. The number of rotatable bonds is 5. The lowest BCUT2D eigenvalue weighted by atomic mass is 10.1. The van der Waals surface area contributed by atoms with Crippen molar-refractivity contribution in [3.63, 3.8) is 0 Å². The highest BCUT2D eigenvalue weighted by Gasteiger charge is 2.41. The molecule has 7 nitrogen and oxygen atoms in total. The molecular weight excluding hydrogens is 324 g/mol. The molecule has 0 N–H and O–H groups in total. The number of Topliss-reactive ketones (excluding diaryl/α,β-unsaturated/α-hetero) is 1. The molecule has 1 aliphatic rings. The molecule has 25 heavy (non-hydrogen) atoms. The smallest absolute Gasteiger partial charge is 0.282 e. The Bertz CT molecular complexity index is 902. The first-order chi connectivity index (χ1) is 11.9. The molecule has 1 heterocycles. The summed E-state index contributed by atoms with van der Waals surface area (Å²) in [5.74, 6) is -1.91. The Morgan fingerprint density at radius 2 is 1.76 bits per heavy atom. The molecule has 0 spiro atoms. The lowest BCUT2D eigenvalue weighted by Crippen LogP contribution is -2.35. The fraction of sp³-hybridized carbons (Fsp3) is 0.167. The van der Waals surface area contributed by atoms with E-state index in [2.05, 4.69) is 0 Å². The molecule has 7 heteroatoms. The topological polar surface area (TPSA) is 97.6 Å². The third-order valence-corrected chi connectivity index (χ3v) is 4.16. The highest BCUT2D eigenvalue weighted by molar-refractivity contribution is 6.24. The van der Waals surface area contributed by atoms with E-state index in [0.29, 0.717) is 5.56 Å². The van der Waals surface area contributed by atoms with Gasteiger partial charge in [-0.05, 0) is 18.1 Å². The van der Waals surface area contributed by atoms with Crippen LogP contribution < -0.4 is 0 Å². The van der Waals surface area contributed by atoms with Gasteiger partial charge in [-0.3, -0.25) is 29.4 Å². The Kier molecular flexibility index (Phi) is 4.14. The van der Waals surface area contributed by atoms with Crippen LogP contribution in [0.2, 0.25) is 0 Å². The van der Waals surface area contributed by atoms with Crippen molar-refractivity contribution in [2.75, 3.05) is 6.54 Å². The van der Waals surface area contributed by atoms with Gasteiger partial charge in [-0.25, -0.2) is 0 Å². The van der Waals surface area contributed by atoms with Crippen molar-refractivity contribution in [2.24, 2.45) is 0 Å². The quantitative estimate of drug-likeness (QED) is 0.361. The molecule has 0 aliphatic carbocycles. The van der Waals surface area contributed by atoms with Gasteiger partial charge < -0.3 is 0 Å². The number of benzene rings is 2. The largest absolute Gasteiger partial charge is 0.292 e. The van der Waals surface area contributed by atoms with Gasteiger partial charge >= 0.3 is 0 Å². The highest BCUT2D eigenvalue weighted by atomic mass is 16.6. The van der Waals surface area contributed by atoms with Gasteiger partial charge in [0.25, 0.3) is 17.5 Å². The van der Waals surface area contributed by atoms with Crippen molar-refractivity contribution in [3.8, 4) is 0 Å². The van der Waals surface area contributed by atoms with E-state index in [4.69, 9.17) is 0 Å². The lowest BCUT2D eigenvalue weighted by molar-refractivity contribution is -0.385. The minimum Gasteiger partial charge on any atom is -0.292 e. The number of aryl methyl sites for hydroxylation is 1. The third-order valence-electron chi connectivity index (χ3n) is 4.16. The van der Waals surface area contributed by atoms with Gasteiger partial charge in [-0.15, -0.1) is 0 Å². The zero-order chi connectivity index (χ0) is 18.1. The van der Waals surface area contributed by atoms with Crippen LogP contribution in [0.25, 0.3) is 0 Å². The number of nitro groups is 1. The summed E-state index contributed by atoms with van der Waals surface area (Å²) in [6.45, 7) is 1.54. The molecule has 0 radical (unpaired) electrons. The summed E-state index contributed by atoms with van der Waals surface area (Å²) >= 11 is 0. The van der Waals surface area contributed by atoms with Gasteiger partial charge in [0.1, 0.15) is 5.56 Å². The van der Waals surface area contributed by atoms with Crippen LogP contribution in [0.4, 0.5) is 5.69 Å². The van der Waals surface area contributed by atoms with Crippen molar-refractivity contribution >= 4 is 23.3 Å². The third kappa shape index (κ3) is 2.80. The molecule has 126 valence electrons. The summed E-state index contributed by atoms with van der Waals surface area (Å²) in [5.41, 5.74) is 0.703. The van der Waals surface area contributed by atoms with Crippen LogP contribution in [0.1, 0.15) is 43.6 Å². The molecule has 0 aromatic heterocycles. The van der Waals surface area contributed by atoms with Crippen molar-refractivity contribution in [3.05, 3.63) is 74.8 Å². The standard InChI is InChI=1S/C18H14N2O5/c1-2-11-6-8-12(9-7-11)15(21)10-19-17(22)13-4-3-5-14(20(24)25)16(13)18(19)23/h3-9H,2,10H2,1H3. The van der Waals surface area contributed by atoms with Crippen molar-refractivity contribution in [1.29, 1.82) is 0 Å². The van der Waals surface area contributed by atoms with E-state index in [9.17, 15) is 24.5 Å². The molecule has 0 atom stereocenters. The number of carbonyl (C=O) groups is 3. The van der Waals surface area contributed by atoms with Crippen LogP contribution in [0.5, 0.6) is 0 Å². The first-order valence-electron chi connectivity index (χ1n) is 7.69. The number of ketones is 1. The molecule has 0 bridgehead atoms. The predicted molar refractivity (Wildman–Crippen MR) is 88.6 cm³/mol. The highest BCUT2D eigenvalue weighted by Crippen LogP contribution is 2.30. The van der Waals surface area contributed by atoms with Crippen LogP contribution >= 0.6 is 0 Å². The number of nitro benzene ring substituents is 1. The molecule has 3 rings (SSSR count). The molecule has 2 aromatic rings. The average molecular weight is 338 g/mol. The first kappa shape index (κ1) is 16.5. The van der Waals surface area contributed by atoms with Crippen LogP contribution in [-0.4, -0.2) is 34.0 Å². The van der Waals surface area contributed by atoms with Gasteiger partial charge in [0, 0.05) is 11.6 Å². The van der Waals surface area contributed by atoms with Crippen molar-refractivity contribution in [1.82, 2.24) is 4.90 Å². The molecular formula is C18H14N2O5. The monoisotopic (exact) mass is 338 g/mol. The number of imide groups is 1. The maximum atomic E-state index is 12.4. The predicted octanol–water partition coefficient (Wildman–Crippen LogP) is 2.64. The van der Waals surface area contributed by atoms with Gasteiger partial charge in [0.15, 0.2) is 5.78 Å². The van der Waals surface area contributed by atoms with E-state index in [1.165, 1.54) is 18.2 Å². The van der Waals surface area contributed by atoms with Crippen LogP contribution in [-0.2, 0) is 6.42 Å². The summed E-state index contributed by atoms with van der Waals surface area (Å²) in [6.07, 6.45) is 0.830. The number of hydrogen-bond donors (Lipinski definition) is 0. The lowest BCUT2D eigenvalue weighted by Gasteiger charge is -2.12. The Labute approximate surface area is 143 Å². The van der Waals surface area contributed by atoms with Crippen LogP contribution in [0.15, 0.2) is 42.5 Å². The van der Waals surface area contributed by atoms with Crippen LogP contribution in [0, 0.1) is 10.1 Å². The Morgan fingerprint density at radius 1 is 1.08 bits per heavy atom. The minimum atomic E-state index is -0.814. The number of hydrogen-bond acceptors (Lipinski definition) is 5. The molecule has 0 saturated carbocycles. The zero-order valence-electron chi connectivity index (χ0n) is 13.4. The van der Waals surface area contributed by atoms with E-state index >= 15 is 0 Å². The molecule has 0 unspecified atom stereocenters. The van der Waals surface area contributed by atoms with Gasteiger partial charge in [0.05, 0.1) is 17.0 Å². The molecule has 1 aliphatic heterocycles. The number of carbonyl (C=O) groups excluding carboxylic acids is 3. The average Bonchev–Trinajstić information content (AvgIpc) is 2.86. The minimum absolute atomic E-state index is 0.0478. The molecule has 2 amide bonds. The summed E-state index contributed by atoms with van der Waals surface area (Å²) < 4.78 is 0. The van der Waals surface area contributed by atoms with E-state index < -0.39 is 34.8 Å². The molecule has 0 saturated heterocycles. The SMILES string of the molecule is CCc1ccc(C(=O)CN2C(=O)c3cccc([N+](=O)[O-])c3C2=O)cc1. The zero-order valence-corrected chi connectivity index (χ0v) is 13.4. The van der Waals surface area contributed by atoms with Gasteiger partial charge in [0.2, 0.25) is 0 Å². The van der Waals surface area contributed by atoms with Crippen LogP contribution in [0.3, 0.4) is 0 Å². The van der Waals surface area contributed by atoms with E-state index in [1.807, 2.05) is 6.92 Å². The second-order valence-electron chi connectivity index (χ2n) is 5.63. The van der Waals surface area contributed by atoms with Crippen molar-refractivity contribution in [2.45, 2.75) is 13.3 Å². The second kappa shape index (κ2) is 6.27. The number of amides is 2. The van der Waals surface area contributed by atoms with E-state index in [0.717, 1.165) is 16.9 Å². The maximum absolute atomic E-state index is 12.4. The Balaban J connectivity index is 1.88. The molecule has 2 aromatic carbocycles. The maximum Gasteiger partial charge on any atom is 0.282 e. The normalized spacial score (nSPS) is 13.1. The summed E-state index contributed by atoms with van der Waals surface area (Å²) in [5, 5.41) is 11.1. The fourth-order valence-electron chi connectivity index (χ4n) is 2.77. The fourth-order valence-corrected chi connectivity index (χ4v) is 2.77. The Hall–Kier alpha value is -3.35. The second-order valence-corrected chi connectivity index (χ2v) is 5.63. The Morgan fingerprint density at radius 3 is 2.36 bits per heavy atom. The summed E-state index contributed by atoms with van der Waals surface area (Å²) in [6, 6.07) is 10.8. The number of fused-ring (bicyclic) bond motifs is 1. The van der Waals surface area contributed by atoms with Gasteiger partial charge in [-0.1, -0.05) is 37.3 Å². The summed E-state index contributed by atoms with van der Waals surface area (Å²) in [7, 11) is 0. The number of nitrogens with zero attached hydrogens (tertiary/aromatic N) is 2. The van der Waals surface area contributed by atoms with E-state index in [1.54, 1.807) is 24.3 Å². The summed E-state index contributed by atoms with van der Waals surface area (Å²) in [4.78, 5) is 48.3. The van der Waals surface area contributed by atoms with Crippen molar-refractivity contribution < 1.29 is 19.3 Å². The van der Waals surface area contributed by atoms with Gasteiger partial charge in [-0.2, -0.15) is 0 Å². The van der Waals surface area contributed by atoms with E-state index in [-0.39, 0.29) is 11.1 Å².